The zero-order chi connectivity index (χ0) is 11.3. The molecule has 1 N–H and O–H groups in total. The predicted molar refractivity (Wildman–Crippen MR) is 57.5 cm³/mol. The quantitative estimate of drug-likeness (QED) is 0.772. The summed E-state index contributed by atoms with van der Waals surface area (Å²) in [5.74, 6) is 0.169. The Hall–Kier alpha value is -1.71. The number of anilines is 1. The molecular weight excluding hydrogens is 194 g/mol. The molecule has 0 bridgehead atoms. The van der Waals surface area contributed by atoms with Crippen LogP contribution in [0.5, 0.6) is 5.75 Å². The van der Waals surface area contributed by atoms with Gasteiger partial charge >= 0.3 is 5.97 Å². The molecule has 0 radical (unpaired) electrons. The first-order valence-electron chi connectivity index (χ1n) is 4.75. The minimum Gasteiger partial charge on any atom is -0.494 e. The molecule has 0 aliphatic rings. The van der Waals surface area contributed by atoms with E-state index >= 15 is 0 Å². The van der Waals surface area contributed by atoms with Gasteiger partial charge in [-0.15, -0.1) is 0 Å². The van der Waals surface area contributed by atoms with Crippen LogP contribution in [0, 0.1) is 5.92 Å². The maximum atomic E-state index is 11.2. The third-order valence-electron chi connectivity index (χ3n) is 1.84. The molecule has 1 aromatic rings. The summed E-state index contributed by atoms with van der Waals surface area (Å²) in [6, 6.07) is 7.22. The lowest BCUT2D eigenvalue weighted by Crippen LogP contribution is -2.16. The highest BCUT2D eigenvalue weighted by Crippen LogP contribution is 2.22. The molecule has 0 aliphatic heterocycles. The van der Waals surface area contributed by atoms with Crippen molar-refractivity contribution in [2.45, 2.75) is 13.8 Å². The van der Waals surface area contributed by atoms with Gasteiger partial charge in [-0.1, -0.05) is 26.0 Å². The van der Waals surface area contributed by atoms with Crippen molar-refractivity contribution in [2.24, 2.45) is 5.92 Å². The normalized spacial score (nSPS) is 9.87. The number of carbonyl (C=O) groups excluding carboxylic acids is 1. The van der Waals surface area contributed by atoms with E-state index in [1.54, 1.807) is 33.1 Å². The predicted octanol–water partition coefficient (Wildman–Crippen LogP) is 2.22. The standard InChI is InChI=1S/C11H15NO3/c1-8(2)11(13)15-12-9-6-4-5-7-10(9)14-3/h4-8,12H,1-3H3. The van der Waals surface area contributed by atoms with Crippen LogP contribution in [0.25, 0.3) is 0 Å². The molecule has 0 fully saturated rings. The summed E-state index contributed by atoms with van der Waals surface area (Å²) < 4.78 is 5.08. The smallest absolute Gasteiger partial charge is 0.334 e. The summed E-state index contributed by atoms with van der Waals surface area (Å²) in [5, 5.41) is 0. The first-order valence-corrected chi connectivity index (χ1v) is 4.75. The van der Waals surface area contributed by atoms with Crippen LogP contribution >= 0.6 is 0 Å². The second kappa shape index (κ2) is 5.24. The Morgan fingerprint density at radius 3 is 2.60 bits per heavy atom. The molecule has 1 rings (SSSR count). The van der Waals surface area contributed by atoms with E-state index in [1.807, 2.05) is 12.1 Å². The van der Waals surface area contributed by atoms with E-state index in [1.165, 1.54) is 0 Å². The SMILES string of the molecule is COc1ccccc1NOC(=O)C(C)C. The summed E-state index contributed by atoms with van der Waals surface area (Å²) in [6.07, 6.45) is 0. The average Bonchev–Trinajstić information content (AvgIpc) is 2.26. The van der Waals surface area contributed by atoms with Crippen LogP contribution in [0.15, 0.2) is 24.3 Å². The molecule has 0 spiro atoms. The Morgan fingerprint density at radius 2 is 2.00 bits per heavy atom. The summed E-state index contributed by atoms with van der Waals surface area (Å²) >= 11 is 0. The van der Waals surface area contributed by atoms with E-state index in [4.69, 9.17) is 9.57 Å². The number of methoxy groups -OCH3 is 1. The fraction of sp³-hybridized carbons (Fsp3) is 0.364. The summed E-state index contributed by atoms with van der Waals surface area (Å²) in [4.78, 5) is 16.1. The number of ether oxygens (including phenoxy) is 1. The highest BCUT2D eigenvalue weighted by Gasteiger charge is 2.09. The monoisotopic (exact) mass is 209 g/mol. The van der Waals surface area contributed by atoms with Gasteiger partial charge in [0.1, 0.15) is 11.4 Å². The molecular formula is C11H15NO3. The van der Waals surface area contributed by atoms with Crippen LogP contribution < -0.4 is 10.2 Å². The second-order valence-corrected chi connectivity index (χ2v) is 3.38. The maximum absolute atomic E-state index is 11.2. The molecule has 0 saturated heterocycles. The van der Waals surface area contributed by atoms with Crippen LogP contribution in [0.4, 0.5) is 5.69 Å². The largest absolute Gasteiger partial charge is 0.494 e. The number of benzene rings is 1. The fourth-order valence-electron chi connectivity index (χ4n) is 0.952. The topological polar surface area (TPSA) is 47.6 Å². The molecule has 0 unspecified atom stereocenters. The van der Waals surface area contributed by atoms with E-state index in [2.05, 4.69) is 5.48 Å². The van der Waals surface area contributed by atoms with Gasteiger partial charge in [-0.2, -0.15) is 0 Å². The number of para-hydroxylation sites is 2. The average molecular weight is 209 g/mol. The third-order valence-corrected chi connectivity index (χ3v) is 1.84. The van der Waals surface area contributed by atoms with Gasteiger partial charge in [0.2, 0.25) is 0 Å². The molecule has 0 atom stereocenters. The van der Waals surface area contributed by atoms with Gasteiger partial charge in [0.05, 0.1) is 13.0 Å². The number of hydrogen-bond acceptors (Lipinski definition) is 4. The summed E-state index contributed by atoms with van der Waals surface area (Å²) in [5.41, 5.74) is 3.20. The van der Waals surface area contributed by atoms with Crippen LogP contribution in [-0.4, -0.2) is 13.1 Å². The molecule has 0 saturated carbocycles. The van der Waals surface area contributed by atoms with E-state index < -0.39 is 0 Å². The van der Waals surface area contributed by atoms with Gasteiger partial charge in [0, 0.05) is 0 Å². The molecule has 15 heavy (non-hydrogen) atoms. The Kier molecular flexibility index (Phi) is 3.97. The molecule has 0 aliphatic carbocycles. The molecule has 0 amide bonds. The lowest BCUT2D eigenvalue weighted by atomic mass is 10.2. The zero-order valence-corrected chi connectivity index (χ0v) is 9.11. The van der Waals surface area contributed by atoms with Crippen molar-refractivity contribution in [3.05, 3.63) is 24.3 Å². The lowest BCUT2D eigenvalue weighted by molar-refractivity contribution is -0.144. The van der Waals surface area contributed by atoms with Crippen molar-refractivity contribution in [1.82, 2.24) is 0 Å². The Bertz CT molecular complexity index is 336. The summed E-state index contributed by atoms with van der Waals surface area (Å²) in [7, 11) is 1.56. The Labute approximate surface area is 89.1 Å². The van der Waals surface area contributed by atoms with Crippen LogP contribution in [0.3, 0.4) is 0 Å². The first-order chi connectivity index (χ1) is 7.15. The minimum atomic E-state index is -0.305. The van der Waals surface area contributed by atoms with E-state index in [-0.39, 0.29) is 11.9 Å². The highest BCUT2D eigenvalue weighted by molar-refractivity contribution is 5.73. The van der Waals surface area contributed by atoms with Gasteiger partial charge in [-0.25, -0.2) is 10.3 Å². The lowest BCUT2D eigenvalue weighted by Gasteiger charge is -2.11. The van der Waals surface area contributed by atoms with Crippen LogP contribution in [0.2, 0.25) is 0 Å². The minimum absolute atomic E-state index is 0.160. The second-order valence-electron chi connectivity index (χ2n) is 3.38. The van der Waals surface area contributed by atoms with Crippen molar-refractivity contribution < 1.29 is 14.4 Å². The Balaban J connectivity index is 2.61. The van der Waals surface area contributed by atoms with Gasteiger partial charge in [0.25, 0.3) is 0 Å². The zero-order valence-electron chi connectivity index (χ0n) is 9.11. The molecule has 1 aromatic carbocycles. The fourth-order valence-corrected chi connectivity index (χ4v) is 0.952. The molecule has 0 aromatic heterocycles. The van der Waals surface area contributed by atoms with Crippen molar-refractivity contribution in [2.75, 3.05) is 12.6 Å². The molecule has 0 heterocycles. The Morgan fingerprint density at radius 1 is 1.33 bits per heavy atom. The molecule has 4 heteroatoms. The molecule has 4 nitrogen and oxygen atoms in total. The van der Waals surface area contributed by atoms with E-state index in [9.17, 15) is 4.79 Å². The number of nitrogens with one attached hydrogen (secondary N) is 1. The van der Waals surface area contributed by atoms with Crippen molar-refractivity contribution >= 4 is 11.7 Å². The van der Waals surface area contributed by atoms with Crippen molar-refractivity contribution in [1.29, 1.82) is 0 Å². The van der Waals surface area contributed by atoms with Crippen molar-refractivity contribution in [3.63, 3.8) is 0 Å². The van der Waals surface area contributed by atoms with Gasteiger partial charge in [-0.05, 0) is 12.1 Å². The van der Waals surface area contributed by atoms with E-state index in [0.29, 0.717) is 11.4 Å². The summed E-state index contributed by atoms with van der Waals surface area (Å²) in [6.45, 7) is 3.54. The van der Waals surface area contributed by atoms with Crippen LogP contribution in [0.1, 0.15) is 13.8 Å². The number of rotatable bonds is 4. The molecule has 82 valence electrons. The third kappa shape index (κ3) is 3.16. The van der Waals surface area contributed by atoms with E-state index in [0.717, 1.165) is 0 Å². The van der Waals surface area contributed by atoms with Crippen molar-refractivity contribution in [3.8, 4) is 5.75 Å². The van der Waals surface area contributed by atoms with Gasteiger partial charge in [0.15, 0.2) is 0 Å². The highest BCUT2D eigenvalue weighted by atomic mass is 16.7. The van der Waals surface area contributed by atoms with Gasteiger partial charge < -0.3 is 9.57 Å². The van der Waals surface area contributed by atoms with Crippen LogP contribution in [-0.2, 0) is 9.63 Å². The number of hydrogen-bond donors (Lipinski definition) is 1. The van der Waals surface area contributed by atoms with Gasteiger partial charge in [-0.3, -0.25) is 0 Å². The first kappa shape index (κ1) is 11.4. The maximum Gasteiger partial charge on any atom is 0.334 e. The number of carbonyl (C=O) groups is 1.